The Morgan fingerprint density at radius 2 is 0.754 bits per heavy atom. The molecular weight excluding hydrogens is 705 g/mol. The van der Waals surface area contributed by atoms with Crippen LogP contribution in [0.2, 0.25) is 0 Å². The number of carbonyl (C=O) groups is 2. The van der Waals surface area contributed by atoms with Crippen molar-refractivity contribution in [2.45, 2.75) is 232 Å². The van der Waals surface area contributed by atoms with Crippen molar-refractivity contribution in [3.8, 4) is 0 Å². The van der Waals surface area contributed by atoms with Gasteiger partial charge in [0.25, 0.3) is 0 Å². The molecule has 0 saturated carbocycles. The molecule has 0 spiro atoms. The van der Waals surface area contributed by atoms with Crippen LogP contribution >= 0.6 is 0 Å². The molecule has 0 aliphatic rings. The zero-order chi connectivity index (χ0) is 41.4. The van der Waals surface area contributed by atoms with Crippen LogP contribution in [0.5, 0.6) is 0 Å². The van der Waals surface area contributed by atoms with Gasteiger partial charge in [0.1, 0.15) is 6.61 Å². The minimum Gasteiger partial charge on any atom is -0.462 e. The molecule has 0 fully saturated rings. The Bertz CT molecular complexity index is 1040. The predicted octanol–water partition coefficient (Wildman–Crippen LogP) is 15.7. The summed E-state index contributed by atoms with van der Waals surface area (Å²) < 4.78 is 10.6. The van der Waals surface area contributed by atoms with Gasteiger partial charge in [-0.3, -0.25) is 9.59 Å². The number of rotatable bonds is 43. The van der Waals surface area contributed by atoms with E-state index in [4.69, 9.17) is 9.47 Å². The predicted molar refractivity (Wildman–Crippen MR) is 246 cm³/mol. The molecule has 1 atom stereocenters. The number of aliphatic hydroxyl groups excluding tert-OH is 1. The molecule has 0 bridgehead atoms. The summed E-state index contributed by atoms with van der Waals surface area (Å²) in [5, 5.41) is 9.60. The van der Waals surface area contributed by atoms with Crippen molar-refractivity contribution < 1.29 is 24.2 Å². The van der Waals surface area contributed by atoms with Crippen molar-refractivity contribution in [1.29, 1.82) is 0 Å². The second-order valence-electron chi connectivity index (χ2n) is 15.8. The lowest BCUT2D eigenvalue weighted by molar-refractivity contribution is -0.161. The van der Waals surface area contributed by atoms with Gasteiger partial charge >= 0.3 is 11.9 Å². The van der Waals surface area contributed by atoms with Crippen molar-refractivity contribution in [2.24, 2.45) is 0 Å². The lowest BCUT2D eigenvalue weighted by Gasteiger charge is -2.15. The molecule has 0 aromatic heterocycles. The Labute approximate surface area is 353 Å². The number of carbonyl (C=O) groups excluding carboxylic acids is 2. The third-order valence-corrected chi connectivity index (χ3v) is 10.3. The maximum absolute atomic E-state index is 12.2. The Morgan fingerprint density at radius 3 is 1.14 bits per heavy atom. The van der Waals surface area contributed by atoms with E-state index in [1.165, 1.54) is 122 Å². The van der Waals surface area contributed by atoms with Gasteiger partial charge in [0.05, 0.1) is 6.61 Å². The molecule has 0 amide bonds. The van der Waals surface area contributed by atoms with E-state index in [0.717, 1.165) is 77.0 Å². The summed E-state index contributed by atoms with van der Waals surface area (Å²) in [4.78, 5) is 24.4. The van der Waals surface area contributed by atoms with Gasteiger partial charge in [-0.1, -0.05) is 222 Å². The number of hydrogen-bond donors (Lipinski definition) is 1. The average Bonchev–Trinajstić information content (AvgIpc) is 3.21. The highest BCUT2D eigenvalue weighted by molar-refractivity contribution is 5.70. The van der Waals surface area contributed by atoms with Crippen molar-refractivity contribution >= 4 is 11.9 Å². The molecule has 0 rings (SSSR count). The second-order valence-corrected chi connectivity index (χ2v) is 15.8. The van der Waals surface area contributed by atoms with Gasteiger partial charge in [-0.15, -0.1) is 0 Å². The van der Waals surface area contributed by atoms with Crippen LogP contribution < -0.4 is 0 Å². The van der Waals surface area contributed by atoms with E-state index in [9.17, 15) is 14.7 Å². The molecule has 1 N–H and O–H groups in total. The maximum Gasteiger partial charge on any atom is 0.306 e. The fourth-order valence-corrected chi connectivity index (χ4v) is 6.68. The maximum atomic E-state index is 12.2. The van der Waals surface area contributed by atoms with E-state index < -0.39 is 6.10 Å². The largest absolute Gasteiger partial charge is 0.462 e. The third kappa shape index (κ3) is 45.9. The summed E-state index contributed by atoms with van der Waals surface area (Å²) in [6, 6.07) is 0. The normalized spacial score (nSPS) is 12.8. The van der Waals surface area contributed by atoms with Crippen LogP contribution in [0.25, 0.3) is 0 Å². The van der Waals surface area contributed by atoms with Crippen molar-refractivity contribution in [3.05, 3.63) is 72.9 Å². The zero-order valence-corrected chi connectivity index (χ0v) is 37.3. The van der Waals surface area contributed by atoms with E-state index in [1.54, 1.807) is 0 Å². The van der Waals surface area contributed by atoms with Crippen molar-refractivity contribution in [3.63, 3.8) is 0 Å². The quantitative estimate of drug-likeness (QED) is 0.0378. The highest BCUT2D eigenvalue weighted by atomic mass is 16.6. The highest BCUT2D eigenvalue weighted by Crippen LogP contribution is 2.15. The minimum atomic E-state index is -0.775. The van der Waals surface area contributed by atoms with Gasteiger partial charge in [-0.2, -0.15) is 0 Å². The van der Waals surface area contributed by atoms with Crippen LogP contribution in [-0.4, -0.2) is 36.4 Å². The summed E-state index contributed by atoms with van der Waals surface area (Å²) in [7, 11) is 0. The van der Waals surface area contributed by atoms with Crippen LogP contribution in [0.3, 0.4) is 0 Å². The molecule has 0 aromatic rings. The number of aliphatic hydroxyl groups is 1. The van der Waals surface area contributed by atoms with Crippen LogP contribution in [0, 0.1) is 0 Å². The van der Waals surface area contributed by atoms with E-state index >= 15 is 0 Å². The van der Waals surface area contributed by atoms with Crippen molar-refractivity contribution in [1.82, 2.24) is 0 Å². The van der Waals surface area contributed by atoms with Gasteiger partial charge in [0.15, 0.2) is 6.10 Å². The highest BCUT2D eigenvalue weighted by Gasteiger charge is 2.16. The van der Waals surface area contributed by atoms with Crippen LogP contribution in [0.15, 0.2) is 72.9 Å². The van der Waals surface area contributed by atoms with E-state index in [1.807, 2.05) is 0 Å². The van der Waals surface area contributed by atoms with Crippen molar-refractivity contribution in [2.75, 3.05) is 13.2 Å². The Kier molecular flexibility index (Phi) is 45.5. The number of unbranched alkanes of at least 4 members (excludes halogenated alkanes) is 23. The minimum absolute atomic E-state index is 0.0673. The molecule has 0 saturated heterocycles. The molecule has 0 aliphatic heterocycles. The number of ether oxygens (including phenoxy) is 2. The fourth-order valence-electron chi connectivity index (χ4n) is 6.68. The smallest absolute Gasteiger partial charge is 0.306 e. The molecule has 0 aliphatic carbocycles. The zero-order valence-electron chi connectivity index (χ0n) is 37.3. The Hall–Kier alpha value is -2.66. The van der Waals surface area contributed by atoms with Gasteiger partial charge in [0.2, 0.25) is 0 Å². The van der Waals surface area contributed by atoms with Crippen LogP contribution in [-0.2, 0) is 19.1 Å². The average molecular weight is 795 g/mol. The summed E-state index contributed by atoms with van der Waals surface area (Å²) in [6.45, 7) is 4.03. The topological polar surface area (TPSA) is 72.8 Å². The van der Waals surface area contributed by atoms with E-state index in [-0.39, 0.29) is 25.2 Å². The summed E-state index contributed by atoms with van der Waals surface area (Å²) in [6.07, 6.45) is 64.1. The molecular formula is C52H90O5. The van der Waals surface area contributed by atoms with Gasteiger partial charge in [0, 0.05) is 12.8 Å². The Balaban J connectivity index is 3.54. The number of esters is 2. The van der Waals surface area contributed by atoms with E-state index in [2.05, 4.69) is 86.8 Å². The lowest BCUT2D eigenvalue weighted by atomic mass is 10.0. The molecule has 5 heteroatoms. The second kappa shape index (κ2) is 47.7. The standard InChI is InChI=1S/C52H90O5/c1-3-5-7-9-11-13-15-17-19-20-21-22-23-24-25-26-27-28-29-30-31-32-33-35-37-39-41-43-45-47-52(55)57-50(48-53)49-56-51(54)46-44-42-40-38-36-34-18-16-14-12-10-8-6-4-2/h5,7,11,13,17,19,21-22,24-25,27-28,50,53H,3-4,6,8-10,12,14-16,18,20,23,26,29-49H2,1-2H3/b7-5-,13-11-,19-17-,22-21-,25-24-,28-27-. The molecule has 1 unspecified atom stereocenters. The first kappa shape index (κ1) is 54.3. The SMILES string of the molecule is CC/C=C\C/C=C\C/C=C\C/C=C\C/C=C\C/C=C\CCCCCCCCCCCCC(=O)OC(CO)COC(=O)CCCCCCCCCCCCCCCC. The molecule has 0 radical (unpaired) electrons. The first-order valence-corrected chi connectivity index (χ1v) is 24.0. The summed E-state index contributed by atoms with van der Waals surface area (Å²) in [5.41, 5.74) is 0. The van der Waals surface area contributed by atoms with Gasteiger partial charge < -0.3 is 14.6 Å². The molecule has 57 heavy (non-hydrogen) atoms. The van der Waals surface area contributed by atoms with Gasteiger partial charge in [-0.05, 0) is 64.2 Å². The third-order valence-electron chi connectivity index (χ3n) is 10.3. The summed E-state index contributed by atoms with van der Waals surface area (Å²) in [5.74, 6) is -0.592. The number of allylic oxidation sites excluding steroid dienone is 12. The fraction of sp³-hybridized carbons (Fsp3) is 0.731. The molecule has 5 nitrogen and oxygen atoms in total. The molecule has 0 heterocycles. The first-order chi connectivity index (χ1) is 28.1. The molecule has 0 aromatic carbocycles. The van der Waals surface area contributed by atoms with Crippen LogP contribution in [0.4, 0.5) is 0 Å². The van der Waals surface area contributed by atoms with Gasteiger partial charge in [-0.25, -0.2) is 0 Å². The monoisotopic (exact) mass is 795 g/mol. The Morgan fingerprint density at radius 1 is 0.421 bits per heavy atom. The first-order valence-electron chi connectivity index (χ1n) is 24.0. The number of hydrogen-bond acceptors (Lipinski definition) is 5. The molecule has 328 valence electrons. The summed E-state index contributed by atoms with van der Waals surface area (Å²) >= 11 is 0. The van der Waals surface area contributed by atoms with Crippen LogP contribution in [0.1, 0.15) is 226 Å². The van der Waals surface area contributed by atoms with E-state index in [0.29, 0.717) is 12.8 Å². The lowest BCUT2D eigenvalue weighted by Crippen LogP contribution is -2.28.